The van der Waals surface area contributed by atoms with Crippen LogP contribution >= 0.6 is 23.1 Å². The van der Waals surface area contributed by atoms with Crippen LogP contribution in [0.15, 0.2) is 45.7 Å². The molecule has 1 aromatic carbocycles. The first-order chi connectivity index (χ1) is 12.8. The molecule has 0 bridgehead atoms. The minimum Gasteiger partial charge on any atom is -0.377 e. The van der Waals surface area contributed by atoms with Gasteiger partial charge in [0.15, 0.2) is 5.16 Å². The van der Waals surface area contributed by atoms with E-state index in [0.717, 1.165) is 51.7 Å². The molecule has 1 fully saturated rings. The monoisotopic (exact) mass is 386 g/mol. The third kappa shape index (κ3) is 3.46. The van der Waals surface area contributed by atoms with Gasteiger partial charge in [0, 0.05) is 29.8 Å². The molecule has 2 aromatic heterocycles. The normalized spacial score (nSPS) is 17.7. The maximum Gasteiger partial charge on any atom is 0.263 e. The van der Waals surface area contributed by atoms with Crippen LogP contribution in [0.5, 0.6) is 0 Å². The first-order valence-corrected chi connectivity index (χ1v) is 11.0. The van der Waals surface area contributed by atoms with Gasteiger partial charge in [0.1, 0.15) is 4.83 Å². The highest BCUT2D eigenvalue weighted by molar-refractivity contribution is 7.99. The Morgan fingerprint density at radius 1 is 1.31 bits per heavy atom. The quantitative estimate of drug-likeness (QED) is 0.466. The summed E-state index contributed by atoms with van der Waals surface area (Å²) in [5, 5.41) is 3.59. The molecule has 3 aromatic rings. The lowest BCUT2D eigenvalue weighted by Crippen LogP contribution is -2.24. The number of thiophene rings is 1. The third-order valence-corrected chi connectivity index (χ3v) is 6.71. The van der Waals surface area contributed by atoms with Crippen LogP contribution in [0.25, 0.3) is 21.3 Å². The molecule has 26 heavy (non-hydrogen) atoms. The van der Waals surface area contributed by atoms with E-state index in [1.165, 1.54) is 6.42 Å². The Kier molecular flexibility index (Phi) is 5.43. The van der Waals surface area contributed by atoms with Crippen molar-refractivity contribution in [2.24, 2.45) is 0 Å². The molecule has 6 heteroatoms. The Hall–Kier alpha value is -1.63. The van der Waals surface area contributed by atoms with Gasteiger partial charge < -0.3 is 4.74 Å². The molecule has 0 N–H and O–H groups in total. The summed E-state index contributed by atoms with van der Waals surface area (Å²) in [6.45, 7) is 3.48. The molecule has 0 unspecified atom stereocenters. The Morgan fingerprint density at radius 3 is 2.88 bits per heavy atom. The van der Waals surface area contributed by atoms with E-state index in [-0.39, 0.29) is 11.7 Å². The Morgan fingerprint density at radius 2 is 2.15 bits per heavy atom. The van der Waals surface area contributed by atoms with Crippen molar-refractivity contribution >= 4 is 33.3 Å². The van der Waals surface area contributed by atoms with Gasteiger partial charge in [-0.25, -0.2) is 4.98 Å². The van der Waals surface area contributed by atoms with E-state index in [2.05, 4.69) is 0 Å². The molecule has 0 amide bonds. The minimum absolute atomic E-state index is 0.0599. The SMILES string of the molecule is CCn1c(SC[C@@H]2CCCCO2)nc2scc(-c3ccccc3)c2c1=O. The Bertz CT molecular complexity index is 944. The first kappa shape index (κ1) is 17.8. The number of fused-ring (bicyclic) bond motifs is 1. The van der Waals surface area contributed by atoms with Crippen LogP contribution in [0.3, 0.4) is 0 Å². The van der Waals surface area contributed by atoms with Crippen LogP contribution in [0, 0.1) is 0 Å². The molecule has 1 saturated heterocycles. The van der Waals surface area contributed by atoms with Crippen LogP contribution in [-0.2, 0) is 11.3 Å². The molecule has 136 valence electrons. The maximum atomic E-state index is 13.2. The molecule has 0 radical (unpaired) electrons. The predicted molar refractivity (Wildman–Crippen MR) is 109 cm³/mol. The summed E-state index contributed by atoms with van der Waals surface area (Å²) in [6.07, 6.45) is 3.75. The van der Waals surface area contributed by atoms with E-state index < -0.39 is 0 Å². The lowest BCUT2D eigenvalue weighted by atomic mass is 10.1. The van der Waals surface area contributed by atoms with Crippen molar-refractivity contribution in [2.75, 3.05) is 12.4 Å². The van der Waals surface area contributed by atoms with Crippen LogP contribution in [0.2, 0.25) is 0 Å². The molecular weight excluding hydrogens is 364 g/mol. The van der Waals surface area contributed by atoms with E-state index in [1.54, 1.807) is 27.7 Å². The van der Waals surface area contributed by atoms with E-state index in [9.17, 15) is 4.79 Å². The molecule has 4 nitrogen and oxygen atoms in total. The van der Waals surface area contributed by atoms with Crippen LogP contribution < -0.4 is 5.56 Å². The number of hydrogen-bond acceptors (Lipinski definition) is 5. The van der Waals surface area contributed by atoms with Crippen molar-refractivity contribution < 1.29 is 4.74 Å². The number of ether oxygens (including phenoxy) is 1. The van der Waals surface area contributed by atoms with Gasteiger partial charge in [0.25, 0.3) is 5.56 Å². The Labute approximate surface area is 161 Å². The summed E-state index contributed by atoms with van der Waals surface area (Å²) >= 11 is 3.19. The van der Waals surface area contributed by atoms with Crippen LogP contribution in [0.1, 0.15) is 26.2 Å². The first-order valence-electron chi connectivity index (χ1n) is 9.09. The molecule has 0 aliphatic carbocycles. The van der Waals surface area contributed by atoms with Crippen molar-refractivity contribution in [3.8, 4) is 11.1 Å². The van der Waals surface area contributed by atoms with Crippen molar-refractivity contribution in [1.29, 1.82) is 0 Å². The van der Waals surface area contributed by atoms with Gasteiger partial charge in [-0.2, -0.15) is 0 Å². The molecule has 1 atom stereocenters. The van der Waals surface area contributed by atoms with Crippen molar-refractivity contribution in [3.63, 3.8) is 0 Å². The van der Waals surface area contributed by atoms with Gasteiger partial charge in [-0.1, -0.05) is 42.1 Å². The smallest absolute Gasteiger partial charge is 0.263 e. The number of benzene rings is 1. The standard InChI is InChI=1S/C20H22N2O2S2/c1-2-22-19(23)17-16(14-8-4-3-5-9-14)13-25-18(17)21-20(22)26-12-15-10-6-7-11-24-15/h3-5,8-9,13,15H,2,6-7,10-12H2,1H3/t15-/m0/s1. The van der Waals surface area contributed by atoms with Gasteiger partial charge in [-0.05, 0) is 31.7 Å². The summed E-state index contributed by atoms with van der Waals surface area (Å²) in [6, 6.07) is 10.1. The predicted octanol–water partition coefficient (Wildman–Crippen LogP) is 4.81. The number of aromatic nitrogens is 2. The zero-order valence-corrected chi connectivity index (χ0v) is 16.4. The number of hydrogen-bond donors (Lipinski definition) is 0. The zero-order chi connectivity index (χ0) is 17.9. The van der Waals surface area contributed by atoms with E-state index >= 15 is 0 Å². The molecule has 1 aliphatic heterocycles. The van der Waals surface area contributed by atoms with Crippen LogP contribution in [-0.4, -0.2) is 28.0 Å². The molecular formula is C20H22N2O2S2. The highest BCUT2D eigenvalue weighted by Crippen LogP contribution is 2.32. The largest absolute Gasteiger partial charge is 0.377 e. The maximum absolute atomic E-state index is 13.2. The Balaban J connectivity index is 1.70. The second-order valence-electron chi connectivity index (χ2n) is 6.44. The van der Waals surface area contributed by atoms with Gasteiger partial charge in [0.05, 0.1) is 11.5 Å². The van der Waals surface area contributed by atoms with Crippen LogP contribution in [0.4, 0.5) is 0 Å². The summed E-state index contributed by atoms with van der Waals surface area (Å²) in [5.74, 6) is 0.856. The molecule has 0 spiro atoms. The lowest BCUT2D eigenvalue weighted by molar-refractivity contribution is 0.0315. The number of thioether (sulfide) groups is 1. The summed E-state index contributed by atoms with van der Waals surface area (Å²) in [5.41, 5.74) is 2.11. The fourth-order valence-electron chi connectivity index (χ4n) is 3.33. The average Bonchev–Trinajstić information content (AvgIpc) is 3.12. The molecule has 4 rings (SSSR count). The van der Waals surface area contributed by atoms with Crippen molar-refractivity contribution in [1.82, 2.24) is 9.55 Å². The van der Waals surface area contributed by atoms with E-state index in [0.29, 0.717) is 6.54 Å². The van der Waals surface area contributed by atoms with E-state index in [4.69, 9.17) is 9.72 Å². The van der Waals surface area contributed by atoms with Gasteiger partial charge in [0.2, 0.25) is 0 Å². The average molecular weight is 387 g/mol. The second-order valence-corrected chi connectivity index (χ2v) is 8.28. The lowest BCUT2D eigenvalue weighted by Gasteiger charge is -2.22. The van der Waals surface area contributed by atoms with Gasteiger partial charge >= 0.3 is 0 Å². The fraction of sp³-hybridized carbons (Fsp3) is 0.400. The van der Waals surface area contributed by atoms with Crippen molar-refractivity contribution in [2.45, 2.75) is 44.0 Å². The second kappa shape index (κ2) is 7.94. The van der Waals surface area contributed by atoms with Gasteiger partial charge in [-0.15, -0.1) is 11.3 Å². The highest BCUT2D eigenvalue weighted by Gasteiger charge is 2.19. The molecule has 3 heterocycles. The van der Waals surface area contributed by atoms with Crippen molar-refractivity contribution in [3.05, 3.63) is 46.1 Å². The van der Waals surface area contributed by atoms with Gasteiger partial charge in [-0.3, -0.25) is 9.36 Å². The summed E-state index contributed by atoms with van der Waals surface area (Å²) < 4.78 is 7.62. The number of rotatable bonds is 5. The summed E-state index contributed by atoms with van der Waals surface area (Å²) in [4.78, 5) is 18.8. The highest BCUT2D eigenvalue weighted by atomic mass is 32.2. The molecule has 0 saturated carbocycles. The molecule has 1 aliphatic rings. The number of nitrogens with zero attached hydrogens (tertiary/aromatic N) is 2. The summed E-state index contributed by atoms with van der Waals surface area (Å²) in [7, 11) is 0. The van der Waals surface area contributed by atoms with E-state index in [1.807, 2.05) is 42.6 Å². The minimum atomic E-state index is 0.0599. The third-order valence-electron chi connectivity index (χ3n) is 4.73. The topological polar surface area (TPSA) is 44.1 Å². The fourth-order valence-corrected chi connectivity index (χ4v) is 5.45. The zero-order valence-electron chi connectivity index (χ0n) is 14.8.